The monoisotopic (exact) mass is 328 g/mol. The van der Waals surface area contributed by atoms with Gasteiger partial charge < -0.3 is 9.84 Å². The highest BCUT2D eigenvalue weighted by Crippen LogP contribution is 2.29. The smallest absolute Gasteiger partial charge is 0.228 e. The van der Waals surface area contributed by atoms with Crippen molar-refractivity contribution >= 4 is 28.7 Å². The molecule has 0 radical (unpaired) electrons. The van der Waals surface area contributed by atoms with Crippen molar-refractivity contribution in [1.82, 2.24) is 15.1 Å². The van der Waals surface area contributed by atoms with E-state index in [0.717, 1.165) is 35.5 Å². The van der Waals surface area contributed by atoms with Crippen molar-refractivity contribution in [3.63, 3.8) is 0 Å². The lowest BCUT2D eigenvalue weighted by atomic mass is 10.1. The number of aromatic nitrogens is 3. The van der Waals surface area contributed by atoms with Crippen LogP contribution in [0.4, 0.5) is 5.82 Å². The van der Waals surface area contributed by atoms with E-state index in [-0.39, 0.29) is 0 Å². The minimum absolute atomic E-state index is 0.618. The van der Waals surface area contributed by atoms with Crippen LogP contribution in [-0.4, -0.2) is 33.2 Å². The Labute approximate surface area is 139 Å². The van der Waals surface area contributed by atoms with Crippen LogP contribution in [0, 0.1) is 0 Å². The number of rotatable bonds is 8. The SMILES string of the molecule is CCCSCCCNc1ncnc2c(-c3ccccc3)noc12. The summed E-state index contributed by atoms with van der Waals surface area (Å²) >= 11 is 1.98. The molecule has 0 amide bonds. The zero-order chi connectivity index (χ0) is 15.9. The van der Waals surface area contributed by atoms with Crippen molar-refractivity contribution in [1.29, 1.82) is 0 Å². The molecule has 6 heteroatoms. The van der Waals surface area contributed by atoms with Gasteiger partial charge in [0.1, 0.15) is 17.5 Å². The zero-order valence-electron chi connectivity index (χ0n) is 13.2. The van der Waals surface area contributed by atoms with Gasteiger partial charge in [0, 0.05) is 12.1 Å². The number of anilines is 1. The maximum absolute atomic E-state index is 5.49. The van der Waals surface area contributed by atoms with Gasteiger partial charge in [-0.15, -0.1) is 0 Å². The minimum Gasteiger partial charge on any atom is -0.367 e. The van der Waals surface area contributed by atoms with E-state index in [1.807, 2.05) is 42.1 Å². The van der Waals surface area contributed by atoms with Crippen molar-refractivity contribution < 1.29 is 4.52 Å². The molecular formula is C17H20N4OS. The molecule has 120 valence electrons. The quantitative estimate of drug-likeness (QED) is 0.624. The molecule has 1 N–H and O–H groups in total. The van der Waals surface area contributed by atoms with E-state index in [0.29, 0.717) is 11.4 Å². The van der Waals surface area contributed by atoms with Gasteiger partial charge in [-0.3, -0.25) is 0 Å². The average molecular weight is 328 g/mol. The summed E-state index contributed by atoms with van der Waals surface area (Å²) < 4.78 is 5.49. The lowest BCUT2D eigenvalue weighted by molar-refractivity contribution is 0.459. The summed E-state index contributed by atoms with van der Waals surface area (Å²) in [4.78, 5) is 8.62. The van der Waals surface area contributed by atoms with Gasteiger partial charge in [-0.05, 0) is 24.3 Å². The second-order valence-electron chi connectivity index (χ2n) is 5.19. The van der Waals surface area contributed by atoms with Crippen LogP contribution in [0.3, 0.4) is 0 Å². The van der Waals surface area contributed by atoms with Crippen LogP contribution in [-0.2, 0) is 0 Å². The fraction of sp³-hybridized carbons (Fsp3) is 0.353. The molecule has 5 nitrogen and oxygen atoms in total. The van der Waals surface area contributed by atoms with Crippen LogP contribution in [0.5, 0.6) is 0 Å². The number of hydrogen-bond donors (Lipinski definition) is 1. The number of benzene rings is 1. The molecule has 3 aromatic rings. The molecule has 0 aliphatic heterocycles. The molecule has 2 aromatic heterocycles. The second-order valence-corrected chi connectivity index (χ2v) is 6.41. The van der Waals surface area contributed by atoms with Gasteiger partial charge in [0.25, 0.3) is 0 Å². The first kappa shape index (κ1) is 15.8. The van der Waals surface area contributed by atoms with E-state index >= 15 is 0 Å². The van der Waals surface area contributed by atoms with Gasteiger partial charge in [-0.1, -0.05) is 42.4 Å². The van der Waals surface area contributed by atoms with Gasteiger partial charge in [0.05, 0.1) is 0 Å². The summed E-state index contributed by atoms with van der Waals surface area (Å²) in [5.41, 5.74) is 3.11. The number of nitrogens with one attached hydrogen (secondary N) is 1. The molecule has 0 spiro atoms. The molecule has 0 aliphatic rings. The van der Waals surface area contributed by atoms with Crippen LogP contribution in [0.1, 0.15) is 19.8 Å². The van der Waals surface area contributed by atoms with Crippen molar-refractivity contribution in [2.45, 2.75) is 19.8 Å². The van der Waals surface area contributed by atoms with Crippen molar-refractivity contribution in [3.8, 4) is 11.3 Å². The van der Waals surface area contributed by atoms with E-state index in [4.69, 9.17) is 4.52 Å². The van der Waals surface area contributed by atoms with Gasteiger partial charge >= 0.3 is 0 Å². The van der Waals surface area contributed by atoms with Crippen molar-refractivity contribution in [3.05, 3.63) is 36.7 Å². The number of nitrogens with zero attached hydrogens (tertiary/aromatic N) is 3. The molecule has 3 rings (SSSR count). The Morgan fingerprint density at radius 1 is 1.13 bits per heavy atom. The Morgan fingerprint density at radius 3 is 2.83 bits per heavy atom. The molecule has 0 saturated heterocycles. The van der Waals surface area contributed by atoms with Gasteiger partial charge in [0.2, 0.25) is 5.58 Å². The van der Waals surface area contributed by atoms with Crippen LogP contribution >= 0.6 is 11.8 Å². The second kappa shape index (κ2) is 7.97. The third-order valence-corrected chi connectivity index (χ3v) is 4.68. The van der Waals surface area contributed by atoms with E-state index < -0.39 is 0 Å². The van der Waals surface area contributed by atoms with Crippen LogP contribution in [0.25, 0.3) is 22.4 Å². The summed E-state index contributed by atoms with van der Waals surface area (Å²) in [6.45, 7) is 3.07. The highest BCUT2D eigenvalue weighted by Gasteiger charge is 2.15. The first-order valence-electron chi connectivity index (χ1n) is 7.87. The van der Waals surface area contributed by atoms with Crippen LogP contribution < -0.4 is 5.32 Å². The van der Waals surface area contributed by atoms with E-state index in [1.165, 1.54) is 12.2 Å². The summed E-state index contributed by atoms with van der Waals surface area (Å²) in [6, 6.07) is 9.92. The topological polar surface area (TPSA) is 63.8 Å². The molecule has 0 aliphatic carbocycles. The molecule has 0 unspecified atom stereocenters. The molecule has 0 fully saturated rings. The Hall–Kier alpha value is -2.08. The molecule has 0 atom stereocenters. The Bertz CT molecular complexity index is 745. The Balaban J connectivity index is 1.72. The largest absolute Gasteiger partial charge is 0.367 e. The maximum atomic E-state index is 5.49. The third-order valence-electron chi connectivity index (χ3n) is 3.41. The minimum atomic E-state index is 0.618. The summed E-state index contributed by atoms with van der Waals surface area (Å²) in [5.74, 6) is 3.09. The lowest BCUT2D eigenvalue weighted by Gasteiger charge is -2.04. The first-order valence-corrected chi connectivity index (χ1v) is 9.03. The summed E-state index contributed by atoms with van der Waals surface area (Å²) in [6.07, 6.45) is 3.88. The standard InChI is InChI=1S/C17H20N4OS/c1-2-10-23-11-6-9-18-17-16-15(19-12-20-17)14(21-22-16)13-7-4-3-5-8-13/h3-5,7-8,12H,2,6,9-11H2,1H3,(H,18,19,20). The molecule has 2 heterocycles. The highest BCUT2D eigenvalue weighted by atomic mass is 32.2. The van der Waals surface area contributed by atoms with Crippen molar-refractivity contribution in [2.75, 3.05) is 23.4 Å². The molecule has 23 heavy (non-hydrogen) atoms. The van der Waals surface area contributed by atoms with Gasteiger partial charge in [0.15, 0.2) is 5.82 Å². The Morgan fingerprint density at radius 2 is 2.00 bits per heavy atom. The van der Waals surface area contributed by atoms with E-state index in [1.54, 1.807) is 6.33 Å². The Kier molecular flexibility index (Phi) is 5.47. The normalized spacial score (nSPS) is 11.0. The van der Waals surface area contributed by atoms with Gasteiger partial charge in [-0.2, -0.15) is 11.8 Å². The number of fused-ring (bicyclic) bond motifs is 1. The highest BCUT2D eigenvalue weighted by molar-refractivity contribution is 7.99. The first-order chi connectivity index (χ1) is 11.4. The summed E-state index contributed by atoms with van der Waals surface area (Å²) in [5, 5.41) is 7.50. The fourth-order valence-corrected chi connectivity index (χ4v) is 3.14. The predicted octanol–water partition coefficient (Wildman–Crippen LogP) is 4.23. The number of thioether (sulfide) groups is 1. The lowest BCUT2D eigenvalue weighted by Crippen LogP contribution is -2.05. The van der Waals surface area contributed by atoms with Crippen LogP contribution in [0.15, 0.2) is 41.2 Å². The maximum Gasteiger partial charge on any atom is 0.228 e. The zero-order valence-corrected chi connectivity index (χ0v) is 14.0. The number of hydrogen-bond acceptors (Lipinski definition) is 6. The third kappa shape index (κ3) is 3.82. The van der Waals surface area contributed by atoms with Gasteiger partial charge in [-0.25, -0.2) is 9.97 Å². The van der Waals surface area contributed by atoms with Crippen molar-refractivity contribution in [2.24, 2.45) is 0 Å². The molecular weight excluding hydrogens is 308 g/mol. The van der Waals surface area contributed by atoms with Crippen LogP contribution in [0.2, 0.25) is 0 Å². The predicted molar refractivity (Wildman–Crippen MR) is 95.8 cm³/mol. The van der Waals surface area contributed by atoms with E-state index in [2.05, 4.69) is 27.4 Å². The van der Waals surface area contributed by atoms with E-state index in [9.17, 15) is 0 Å². The fourth-order valence-electron chi connectivity index (χ4n) is 2.30. The average Bonchev–Trinajstić information content (AvgIpc) is 3.03. The molecule has 1 aromatic carbocycles. The molecule has 0 bridgehead atoms. The molecule has 0 saturated carbocycles. The summed E-state index contributed by atoms with van der Waals surface area (Å²) in [7, 11) is 0.